The summed E-state index contributed by atoms with van der Waals surface area (Å²) >= 11 is 6.20. The molecule has 0 atom stereocenters. The fourth-order valence-corrected chi connectivity index (χ4v) is 16.5. The van der Waals surface area contributed by atoms with E-state index in [1.54, 1.807) is 0 Å². The SMILES string of the molecule is CC1(C)c2cc(-c3cccc(-c4cccc(-c5nc(-c6ccccc6)nc(-c6ccccc6)n5)c4)c3)ccc2-c2cc3c(cc21)oc1ccccc13.CC1(C)c2cc(B3OC(C)(C)C(C)(C)O3)ccc2-c2cc3c(cc21)oc1ccccc13.Clc1cccc(-c2cccc(-c3nc(-c4ccccc4)nc(-c4ccccc4)n3)c2)c1. The summed E-state index contributed by atoms with van der Waals surface area (Å²) in [4.78, 5) is 29.2. The van der Waals surface area contributed by atoms with Crippen LogP contribution in [0.15, 0.2) is 336 Å². The van der Waals surface area contributed by atoms with Crippen LogP contribution in [0.1, 0.15) is 77.6 Å². The van der Waals surface area contributed by atoms with E-state index in [2.05, 4.69) is 201 Å². The number of nitrogens with zero attached hydrogens (tertiary/aromatic N) is 6. The van der Waals surface area contributed by atoms with Crippen LogP contribution in [0.3, 0.4) is 0 Å². The highest BCUT2D eigenvalue weighted by Crippen LogP contribution is 2.54. The molecule has 10 nitrogen and oxygen atoms in total. The molecule has 5 heterocycles. The van der Waals surface area contributed by atoms with Gasteiger partial charge < -0.3 is 18.1 Å². The molecule has 14 aromatic carbocycles. The van der Waals surface area contributed by atoms with E-state index in [1.165, 1.54) is 71.8 Å². The predicted octanol–water partition coefficient (Wildman–Crippen LogP) is 25.8. The topological polar surface area (TPSA) is 122 Å². The van der Waals surface area contributed by atoms with Crippen molar-refractivity contribution in [2.45, 2.75) is 77.4 Å². The Morgan fingerprint density at radius 2 is 0.544 bits per heavy atom. The lowest BCUT2D eigenvalue weighted by molar-refractivity contribution is 0.00578. The largest absolute Gasteiger partial charge is 0.494 e. The van der Waals surface area contributed by atoms with Crippen molar-refractivity contribution in [2.75, 3.05) is 0 Å². The van der Waals surface area contributed by atoms with Crippen molar-refractivity contribution in [3.63, 3.8) is 0 Å². The van der Waals surface area contributed by atoms with Crippen molar-refractivity contribution in [3.05, 3.63) is 355 Å². The number of rotatable bonds is 10. The molecule has 12 heteroatoms. The summed E-state index contributed by atoms with van der Waals surface area (Å²) in [6, 6.07) is 113. The van der Waals surface area contributed by atoms with Crippen LogP contribution in [0.4, 0.5) is 0 Å². The van der Waals surface area contributed by atoms with Crippen molar-refractivity contribution in [3.8, 4) is 124 Å². The first-order valence-corrected chi connectivity index (χ1v) is 39.1. The number of benzene rings is 14. The van der Waals surface area contributed by atoms with Gasteiger partial charge >= 0.3 is 7.12 Å². The third kappa shape index (κ3) is 13.0. The minimum Gasteiger partial charge on any atom is -0.456 e. The van der Waals surface area contributed by atoms with Gasteiger partial charge in [-0.3, -0.25) is 0 Å². The number of hydrogen-bond donors (Lipinski definition) is 0. The standard InChI is InChI=1S/C48H33N3O.C27H27BO3.C27H18ClN3/c1-48(2)41-27-35(23-24-37(41)39-28-40-38-21-9-10-22-43(38)52-44(40)29-42(39)48)33-18-11-17-32(25-33)34-19-12-20-36(26-34)47-50-45(30-13-5-3-6-14-30)49-46(51-47)31-15-7-4-8-16-31;1-25(2)21-13-16(28-30-26(3,4)27(5,6)31-28)11-12-17(21)19-14-20-18-9-7-8-10-23(18)29-24(20)15-22(19)25;28-24-16-8-14-22(18-24)21-13-7-15-23(17-21)27-30-25(19-9-3-1-4-10-19)29-26(31-27)20-11-5-2-6-12-20/h3-29H,1-2H3;7-15H,1-6H3;1-18H. The van der Waals surface area contributed by atoms with E-state index in [9.17, 15) is 0 Å². The van der Waals surface area contributed by atoms with Gasteiger partial charge in [-0.1, -0.05) is 294 Å². The van der Waals surface area contributed by atoms with E-state index < -0.39 is 0 Å². The Labute approximate surface area is 668 Å². The smallest absolute Gasteiger partial charge is 0.456 e. The van der Waals surface area contributed by atoms with E-state index >= 15 is 0 Å². The van der Waals surface area contributed by atoms with Gasteiger partial charge in [-0.05, 0) is 184 Å². The van der Waals surface area contributed by atoms with Crippen molar-refractivity contribution in [1.29, 1.82) is 0 Å². The highest BCUT2D eigenvalue weighted by Gasteiger charge is 2.52. The molecular weight excluding hydrogens is 1420 g/mol. The predicted molar refractivity (Wildman–Crippen MR) is 465 cm³/mol. The molecule has 0 bridgehead atoms. The van der Waals surface area contributed by atoms with Crippen LogP contribution in [0.2, 0.25) is 5.02 Å². The zero-order valence-corrected chi connectivity index (χ0v) is 65.2. The molecule has 0 N–H and O–H groups in total. The quantitative estimate of drug-likeness (QED) is 0.122. The Kier molecular flexibility index (Phi) is 17.7. The highest BCUT2D eigenvalue weighted by atomic mass is 35.5. The van der Waals surface area contributed by atoms with Gasteiger partial charge in [-0.15, -0.1) is 0 Å². The molecule has 3 aliphatic rings. The maximum atomic E-state index is 6.32. The molecule has 0 unspecified atom stereocenters. The van der Waals surface area contributed by atoms with Crippen LogP contribution >= 0.6 is 11.6 Å². The van der Waals surface area contributed by atoms with Crippen molar-refractivity contribution in [1.82, 2.24) is 29.9 Å². The molecule has 1 saturated heterocycles. The van der Waals surface area contributed by atoms with Crippen molar-refractivity contribution < 1.29 is 18.1 Å². The normalized spacial score (nSPS) is 14.4. The second kappa shape index (κ2) is 28.3. The van der Waals surface area contributed by atoms with Gasteiger partial charge in [0.1, 0.15) is 22.3 Å². The monoisotopic (exact) mass is 1500 g/mol. The molecular formula is C102H78BClN6O4. The van der Waals surface area contributed by atoms with Crippen LogP contribution in [0.5, 0.6) is 0 Å². The average molecular weight is 1500 g/mol. The Morgan fingerprint density at radius 1 is 0.237 bits per heavy atom. The zero-order valence-electron chi connectivity index (χ0n) is 64.4. The average Bonchev–Trinajstić information content (AvgIpc) is 1.57. The lowest BCUT2D eigenvalue weighted by Gasteiger charge is -2.32. The Balaban J connectivity index is 0.000000121. The summed E-state index contributed by atoms with van der Waals surface area (Å²) in [7, 11) is -0.352. The first-order valence-electron chi connectivity index (χ1n) is 38.7. The molecule has 4 aromatic heterocycles. The molecule has 1 aliphatic heterocycles. The summed E-state index contributed by atoms with van der Waals surface area (Å²) in [6.45, 7) is 17.6. The molecule has 0 amide bonds. The van der Waals surface area contributed by atoms with Crippen molar-refractivity contribution >= 4 is 68.1 Å². The first kappa shape index (κ1) is 71.3. The second-order valence-corrected chi connectivity index (χ2v) is 32.2. The number of fused-ring (bicyclic) bond motifs is 12. The van der Waals surface area contributed by atoms with Gasteiger partial charge in [0.05, 0.1) is 11.2 Å². The molecule has 18 aromatic rings. The molecule has 2 aliphatic carbocycles. The molecule has 114 heavy (non-hydrogen) atoms. The van der Waals surface area contributed by atoms with Crippen LogP contribution in [0, 0.1) is 0 Å². The van der Waals surface area contributed by atoms with Crippen LogP contribution in [-0.4, -0.2) is 48.2 Å². The number of furan rings is 2. The van der Waals surface area contributed by atoms with E-state index in [4.69, 9.17) is 59.6 Å². The van der Waals surface area contributed by atoms with E-state index in [1.807, 2.05) is 182 Å². The molecule has 21 rings (SSSR count). The lowest BCUT2D eigenvalue weighted by Crippen LogP contribution is -2.41. The third-order valence-electron chi connectivity index (χ3n) is 23.2. The summed E-state index contributed by atoms with van der Waals surface area (Å²) in [5.41, 5.74) is 26.7. The highest BCUT2D eigenvalue weighted by molar-refractivity contribution is 6.62. The van der Waals surface area contributed by atoms with E-state index in [0.29, 0.717) is 40.0 Å². The summed E-state index contributed by atoms with van der Waals surface area (Å²) in [6.07, 6.45) is 0. The summed E-state index contributed by atoms with van der Waals surface area (Å²) < 4.78 is 25.1. The number of halogens is 1. The van der Waals surface area contributed by atoms with Gasteiger partial charge in [-0.25, -0.2) is 29.9 Å². The molecule has 0 saturated carbocycles. The third-order valence-corrected chi connectivity index (χ3v) is 23.5. The Bertz CT molecular complexity index is 6650. The Hall–Kier alpha value is -13.0. The summed E-state index contributed by atoms with van der Waals surface area (Å²) in [5, 5.41) is 5.38. The molecule has 0 spiro atoms. The van der Waals surface area contributed by atoms with Gasteiger partial charge in [0.15, 0.2) is 34.9 Å². The van der Waals surface area contributed by atoms with Gasteiger partial charge in [0.2, 0.25) is 0 Å². The van der Waals surface area contributed by atoms with Gasteiger partial charge in [0.25, 0.3) is 0 Å². The number of aromatic nitrogens is 6. The second-order valence-electron chi connectivity index (χ2n) is 31.7. The maximum Gasteiger partial charge on any atom is 0.494 e. The minimum absolute atomic E-state index is 0.127. The lowest BCUT2D eigenvalue weighted by atomic mass is 9.74. The molecule has 550 valence electrons. The molecule has 0 radical (unpaired) electrons. The van der Waals surface area contributed by atoms with Crippen LogP contribution in [-0.2, 0) is 20.1 Å². The van der Waals surface area contributed by atoms with Gasteiger partial charge in [-0.2, -0.15) is 0 Å². The fourth-order valence-electron chi connectivity index (χ4n) is 16.3. The fraction of sp³-hybridized carbons (Fsp3) is 0.118. The Morgan fingerprint density at radius 3 is 0.947 bits per heavy atom. The van der Waals surface area contributed by atoms with Crippen LogP contribution in [0.25, 0.3) is 168 Å². The van der Waals surface area contributed by atoms with Crippen molar-refractivity contribution in [2.24, 2.45) is 0 Å². The zero-order chi connectivity index (χ0) is 77.6. The van der Waals surface area contributed by atoms with Gasteiger partial charge in [0, 0.05) is 70.8 Å². The first-order chi connectivity index (χ1) is 55.3. The van der Waals surface area contributed by atoms with E-state index in [0.717, 1.165) is 88.8 Å². The number of para-hydroxylation sites is 2. The van der Waals surface area contributed by atoms with Crippen LogP contribution < -0.4 is 5.46 Å². The summed E-state index contributed by atoms with van der Waals surface area (Å²) in [5.74, 6) is 3.89. The molecule has 1 fully saturated rings. The maximum absolute atomic E-state index is 6.32. The minimum atomic E-state index is -0.352. The number of hydrogen-bond acceptors (Lipinski definition) is 10. The van der Waals surface area contributed by atoms with E-state index in [-0.39, 0.29) is 29.2 Å².